The molecule has 0 fully saturated rings. The van der Waals surface area contributed by atoms with Gasteiger partial charge in [-0.3, -0.25) is 14.4 Å². The standard InChI is InChI=1S/C24H15ClN4O3/c25-20-12-16(27-22(30)15-13-26-28(14-15)17-6-2-1-3-7-17)10-11-21(20)29-23(31)18-8-4-5-9-19(18)24(29)32/h1-14H,(H,27,30). The van der Waals surface area contributed by atoms with Crippen molar-refractivity contribution >= 4 is 40.7 Å². The summed E-state index contributed by atoms with van der Waals surface area (Å²) in [5.74, 6) is -1.23. The van der Waals surface area contributed by atoms with Gasteiger partial charge < -0.3 is 5.32 Å². The van der Waals surface area contributed by atoms with Crippen molar-refractivity contribution in [2.24, 2.45) is 0 Å². The number of rotatable bonds is 4. The lowest BCUT2D eigenvalue weighted by Gasteiger charge is -2.16. The highest BCUT2D eigenvalue weighted by molar-refractivity contribution is 6.40. The van der Waals surface area contributed by atoms with E-state index in [-0.39, 0.29) is 16.6 Å². The first-order chi connectivity index (χ1) is 15.5. The van der Waals surface area contributed by atoms with E-state index in [0.717, 1.165) is 10.6 Å². The average molecular weight is 443 g/mol. The van der Waals surface area contributed by atoms with Gasteiger partial charge in [-0.15, -0.1) is 0 Å². The van der Waals surface area contributed by atoms with Gasteiger partial charge in [-0.2, -0.15) is 5.10 Å². The van der Waals surface area contributed by atoms with Crippen molar-refractivity contribution in [2.75, 3.05) is 10.2 Å². The van der Waals surface area contributed by atoms with Crippen molar-refractivity contribution in [3.05, 3.63) is 107 Å². The minimum absolute atomic E-state index is 0.164. The van der Waals surface area contributed by atoms with Crippen LogP contribution in [0.2, 0.25) is 5.02 Å². The lowest BCUT2D eigenvalue weighted by atomic mass is 10.1. The van der Waals surface area contributed by atoms with Gasteiger partial charge in [-0.05, 0) is 42.5 Å². The number of benzene rings is 3. The minimum Gasteiger partial charge on any atom is -0.322 e. The molecule has 0 saturated carbocycles. The second kappa shape index (κ2) is 7.79. The normalized spacial score (nSPS) is 12.7. The minimum atomic E-state index is -0.433. The second-order valence-corrected chi connectivity index (χ2v) is 7.53. The molecule has 1 aliphatic rings. The number of aromatic nitrogens is 2. The number of halogens is 1. The van der Waals surface area contributed by atoms with Crippen LogP contribution in [0.15, 0.2) is 85.2 Å². The number of fused-ring (bicyclic) bond motifs is 1. The number of carbonyl (C=O) groups excluding carboxylic acids is 3. The molecular weight excluding hydrogens is 428 g/mol. The number of amides is 3. The van der Waals surface area contributed by atoms with Gasteiger partial charge in [0.1, 0.15) is 0 Å². The summed E-state index contributed by atoms with van der Waals surface area (Å²) < 4.78 is 1.60. The van der Waals surface area contributed by atoms with E-state index in [0.29, 0.717) is 22.4 Å². The molecular formula is C24H15ClN4O3. The molecule has 7 nitrogen and oxygen atoms in total. The van der Waals surface area contributed by atoms with Crippen LogP contribution in [-0.2, 0) is 0 Å². The number of anilines is 2. The number of para-hydroxylation sites is 1. The number of imide groups is 1. The van der Waals surface area contributed by atoms with Gasteiger partial charge in [0.25, 0.3) is 17.7 Å². The molecule has 0 radical (unpaired) electrons. The molecule has 0 bridgehead atoms. The van der Waals surface area contributed by atoms with E-state index >= 15 is 0 Å². The van der Waals surface area contributed by atoms with Crippen LogP contribution in [0.25, 0.3) is 5.69 Å². The first-order valence-electron chi connectivity index (χ1n) is 9.72. The van der Waals surface area contributed by atoms with Crippen LogP contribution in [0.3, 0.4) is 0 Å². The zero-order chi connectivity index (χ0) is 22.2. The Hall–Kier alpha value is -4.23. The molecule has 8 heteroatoms. The monoisotopic (exact) mass is 442 g/mol. The molecule has 156 valence electrons. The Balaban J connectivity index is 1.36. The summed E-state index contributed by atoms with van der Waals surface area (Å²) in [5.41, 5.74) is 2.55. The Morgan fingerprint density at radius 2 is 1.53 bits per heavy atom. The van der Waals surface area contributed by atoms with Crippen LogP contribution < -0.4 is 10.2 Å². The third kappa shape index (κ3) is 3.34. The largest absolute Gasteiger partial charge is 0.322 e. The fraction of sp³-hybridized carbons (Fsp3) is 0. The Bertz CT molecular complexity index is 1350. The third-order valence-electron chi connectivity index (χ3n) is 5.11. The fourth-order valence-corrected chi connectivity index (χ4v) is 3.80. The Morgan fingerprint density at radius 3 is 2.19 bits per heavy atom. The van der Waals surface area contributed by atoms with E-state index in [1.54, 1.807) is 41.2 Å². The summed E-state index contributed by atoms with van der Waals surface area (Å²) in [7, 11) is 0. The van der Waals surface area contributed by atoms with Gasteiger partial charge in [-0.1, -0.05) is 41.9 Å². The molecule has 1 aliphatic heterocycles. The highest BCUT2D eigenvalue weighted by Crippen LogP contribution is 2.34. The van der Waals surface area contributed by atoms with E-state index in [1.807, 2.05) is 30.3 Å². The maximum absolute atomic E-state index is 12.7. The third-order valence-corrected chi connectivity index (χ3v) is 5.41. The van der Waals surface area contributed by atoms with Crippen molar-refractivity contribution in [1.82, 2.24) is 9.78 Å². The molecule has 3 amide bonds. The molecule has 1 N–H and O–H groups in total. The second-order valence-electron chi connectivity index (χ2n) is 7.12. The zero-order valence-electron chi connectivity index (χ0n) is 16.5. The van der Waals surface area contributed by atoms with Gasteiger partial charge in [0.05, 0.1) is 39.3 Å². The molecule has 5 rings (SSSR count). The molecule has 0 saturated heterocycles. The Kier molecular flexibility index (Phi) is 4.80. The Morgan fingerprint density at radius 1 is 0.875 bits per heavy atom. The van der Waals surface area contributed by atoms with E-state index in [9.17, 15) is 14.4 Å². The number of hydrogen-bond acceptors (Lipinski definition) is 4. The molecule has 32 heavy (non-hydrogen) atoms. The van der Waals surface area contributed by atoms with E-state index in [2.05, 4.69) is 10.4 Å². The van der Waals surface area contributed by atoms with Crippen LogP contribution in [0, 0.1) is 0 Å². The zero-order valence-corrected chi connectivity index (χ0v) is 17.3. The summed E-state index contributed by atoms with van der Waals surface area (Å²) in [6, 6.07) is 20.7. The smallest absolute Gasteiger partial charge is 0.266 e. The lowest BCUT2D eigenvalue weighted by Crippen LogP contribution is -2.29. The fourth-order valence-electron chi connectivity index (χ4n) is 3.54. The van der Waals surface area contributed by atoms with Crippen LogP contribution in [-0.4, -0.2) is 27.5 Å². The molecule has 2 heterocycles. The molecule has 1 aromatic heterocycles. The predicted molar refractivity (Wildman–Crippen MR) is 121 cm³/mol. The van der Waals surface area contributed by atoms with Crippen molar-refractivity contribution < 1.29 is 14.4 Å². The quantitative estimate of drug-likeness (QED) is 0.469. The highest BCUT2D eigenvalue weighted by atomic mass is 35.5. The van der Waals surface area contributed by atoms with Crippen molar-refractivity contribution in [3.63, 3.8) is 0 Å². The molecule has 4 aromatic rings. The van der Waals surface area contributed by atoms with Crippen molar-refractivity contribution in [3.8, 4) is 5.69 Å². The summed E-state index contributed by atoms with van der Waals surface area (Å²) >= 11 is 6.38. The molecule has 0 unspecified atom stereocenters. The summed E-state index contributed by atoms with van der Waals surface area (Å²) in [6.45, 7) is 0. The summed E-state index contributed by atoms with van der Waals surface area (Å²) in [4.78, 5) is 39.1. The van der Waals surface area contributed by atoms with Gasteiger partial charge in [0.2, 0.25) is 0 Å². The van der Waals surface area contributed by atoms with Gasteiger partial charge in [0.15, 0.2) is 0 Å². The summed E-state index contributed by atoms with van der Waals surface area (Å²) in [6.07, 6.45) is 3.09. The SMILES string of the molecule is O=C(Nc1ccc(N2C(=O)c3ccccc3C2=O)c(Cl)c1)c1cnn(-c2ccccc2)c1. The number of nitrogens with one attached hydrogen (secondary N) is 1. The highest BCUT2D eigenvalue weighted by Gasteiger charge is 2.37. The van der Waals surface area contributed by atoms with E-state index in [4.69, 9.17) is 11.6 Å². The first-order valence-corrected chi connectivity index (χ1v) is 10.1. The first kappa shape index (κ1) is 19.7. The maximum atomic E-state index is 12.7. The van der Waals surface area contributed by atoms with E-state index < -0.39 is 11.8 Å². The number of nitrogens with zero attached hydrogens (tertiary/aromatic N) is 3. The molecule has 0 atom stereocenters. The lowest BCUT2D eigenvalue weighted by molar-refractivity contribution is 0.0924. The molecule has 3 aromatic carbocycles. The van der Waals surface area contributed by atoms with Crippen LogP contribution >= 0.6 is 11.6 Å². The van der Waals surface area contributed by atoms with Crippen LogP contribution in [0.1, 0.15) is 31.1 Å². The topological polar surface area (TPSA) is 84.3 Å². The van der Waals surface area contributed by atoms with Crippen LogP contribution in [0.5, 0.6) is 0 Å². The summed E-state index contributed by atoms with van der Waals surface area (Å²) in [5, 5.41) is 7.14. The molecule has 0 spiro atoms. The van der Waals surface area contributed by atoms with Crippen molar-refractivity contribution in [1.29, 1.82) is 0 Å². The van der Waals surface area contributed by atoms with Crippen molar-refractivity contribution in [2.45, 2.75) is 0 Å². The van der Waals surface area contributed by atoms with Gasteiger partial charge in [-0.25, -0.2) is 9.58 Å². The predicted octanol–water partition coefficient (Wildman–Crippen LogP) is 4.58. The van der Waals surface area contributed by atoms with Gasteiger partial charge >= 0.3 is 0 Å². The number of carbonyl (C=O) groups is 3. The van der Waals surface area contributed by atoms with Crippen LogP contribution in [0.4, 0.5) is 11.4 Å². The Labute approximate surface area is 187 Å². The molecule has 0 aliphatic carbocycles. The van der Waals surface area contributed by atoms with E-state index in [1.165, 1.54) is 18.3 Å². The van der Waals surface area contributed by atoms with Gasteiger partial charge in [0, 0.05) is 11.9 Å². The maximum Gasteiger partial charge on any atom is 0.266 e. The average Bonchev–Trinajstić information content (AvgIpc) is 3.40. The number of hydrogen-bond donors (Lipinski definition) is 1.